The quantitative estimate of drug-likeness (QED) is 0.467. The second kappa shape index (κ2) is 8.08. The Morgan fingerprint density at radius 1 is 1.00 bits per heavy atom. The van der Waals surface area contributed by atoms with Crippen molar-refractivity contribution in [2.45, 2.75) is 13.8 Å². The topological polar surface area (TPSA) is 59.8 Å². The second-order valence-electron chi connectivity index (χ2n) is 6.88. The highest BCUT2D eigenvalue weighted by molar-refractivity contribution is 6.31. The maximum Gasteiger partial charge on any atom is 0.295 e. The van der Waals surface area contributed by atoms with Crippen molar-refractivity contribution in [3.05, 3.63) is 94.5 Å². The summed E-state index contributed by atoms with van der Waals surface area (Å²) in [6.07, 6.45) is 0. The van der Waals surface area contributed by atoms with E-state index in [1.807, 2.05) is 38.1 Å². The Labute approximate surface area is 178 Å². The molecule has 0 aliphatic carbocycles. The molecule has 0 atom stereocenters. The van der Waals surface area contributed by atoms with E-state index >= 15 is 0 Å². The van der Waals surface area contributed by atoms with Gasteiger partial charge in [0, 0.05) is 16.3 Å². The maximum absolute atomic E-state index is 13.4. The van der Waals surface area contributed by atoms with Crippen LogP contribution in [0.25, 0.3) is 17.1 Å². The van der Waals surface area contributed by atoms with E-state index in [2.05, 4.69) is 15.4 Å². The van der Waals surface area contributed by atoms with Crippen LogP contribution in [0.4, 0.5) is 10.1 Å². The van der Waals surface area contributed by atoms with Crippen LogP contribution in [0.1, 0.15) is 21.7 Å². The van der Waals surface area contributed by atoms with Gasteiger partial charge in [-0.25, -0.2) is 14.1 Å². The van der Waals surface area contributed by atoms with Crippen molar-refractivity contribution >= 4 is 23.2 Å². The molecule has 7 heteroatoms. The molecule has 1 N–H and O–H groups in total. The summed E-state index contributed by atoms with van der Waals surface area (Å²) in [5.41, 5.74) is 3.82. The third kappa shape index (κ3) is 3.95. The van der Waals surface area contributed by atoms with Gasteiger partial charge in [0.25, 0.3) is 5.91 Å². The van der Waals surface area contributed by atoms with Crippen LogP contribution in [0, 0.1) is 19.7 Å². The first-order chi connectivity index (χ1) is 14.4. The van der Waals surface area contributed by atoms with Gasteiger partial charge in [-0.3, -0.25) is 4.79 Å². The van der Waals surface area contributed by atoms with Gasteiger partial charge in [-0.15, -0.1) is 5.10 Å². The third-order valence-corrected chi connectivity index (χ3v) is 5.12. The normalized spacial score (nSPS) is 10.8. The van der Waals surface area contributed by atoms with E-state index < -0.39 is 5.91 Å². The minimum atomic E-state index is -0.463. The Morgan fingerprint density at radius 2 is 1.70 bits per heavy atom. The number of hydrogen-bond acceptors (Lipinski definition) is 3. The van der Waals surface area contributed by atoms with Crippen LogP contribution >= 0.6 is 11.6 Å². The highest BCUT2D eigenvalue weighted by Crippen LogP contribution is 2.25. The molecule has 4 rings (SSSR count). The standard InChI is InChI=1S/C23H18ClFN4O/c1-14-6-12-18(13-7-14)29-22(16-8-10-17(25)11-9-16)27-21(28-29)23(30)26-20-5-3-4-19(24)15(20)2/h3-13H,1-2H3,(H,26,30). The number of aryl methyl sites for hydroxylation is 1. The average molecular weight is 421 g/mol. The fraction of sp³-hybridized carbons (Fsp3) is 0.0870. The van der Waals surface area contributed by atoms with Crippen molar-refractivity contribution in [2.75, 3.05) is 5.32 Å². The van der Waals surface area contributed by atoms with Crippen molar-refractivity contribution in [2.24, 2.45) is 0 Å². The molecular weight excluding hydrogens is 403 g/mol. The molecule has 30 heavy (non-hydrogen) atoms. The minimum Gasteiger partial charge on any atom is -0.319 e. The van der Waals surface area contributed by atoms with Crippen molar-refractivity contribution in [1.29, 1.82) is 0 Å². The number of carbonyl (C=O) groups is 1. The molecule has 150 valence electrons. The Balaban J connectivity index is 1.76. The summed E-state index contributed by atoms with van der Waals surface area (Å²) in [7, 11) is 0. The third-order valence-electron chi connectivity index (χ3n) is 4.71. The Kier molecular flexibility index (Phi) is 5.33. The van der Waals surface area contributed by atoms with Crippen molar-refractivity contribution < 1.29 is 9.18 Å². The molecule has 1 heterocycles. The monoisotopic (exact) mass is 420 g/mol. The molecular formula is C23H18ClFN4O. The first-order valence-corrected chi connectivity index (χ1v) is 9.66. The molecule has 5 nitrogen and oxygen atoms in total. The van der Waals surface area contributed by atoms with E-state index in [-0.39, 0.29) is 11.6 Å². The van der Waals surface area contributed by atoms with Gasteiger partial charge in [0.15, 0.2) is 5.82 Å². The predicted molar refractivity (Wildman–Crippen MR) is 116 cm³/mol. The zero-order valence-electron chi connectivity index (χ0n) is 16.4. The molecule has 0 unspecified atom stereocenters. The lowest BCUT2D eigenvalue weighted by molar-refractivity contribution is 0.101. The SMILES string of the molecule is Cc1ccc(-n2nc(C(=O)Nc3cccc(Cl)c3C)nc2-c2ccc(F)cc2)cc1. The number of anilines is 1. The molecule has 3 aromatic carbocycles. The van der Waals surface area contributed by atoms with Crippen LogP contribution in [0.2, 0.25) is 5.02 Å². The molecule has 0 spiro atoms. The Morgan fingerprint density at radius 3 is 2.40 bits per heavy atom. The summed E-state index contributed by atoms with van der Waals surface area (Å²) in [6.45, 7) is 3.80. The van der Waals surface area contributed by atoms with Crippen molar-refractivity contribution in [3.63, 3.8) is 0 Å². The molecule has 0 aliphatic rings. The first kappa shape index (κ1) is 19.8. The highest BCUT2D eigenvalue weighted by atomic mass is 35.5. The van der Waals surface area contributed by atoms with Gasteiger partial charge in [-0.2, -0.15) is 0 Å². The molecule has 0 radical (unpaired) electrons. The summed E-state index contributed by atoms with van der Waals surface area (Å²) >= 11 is 6.14. The zero-order valence-corrected chi connectivity index (χ0v) is 17.1. The van der Waals surface area contributed by atoms with Crippen LogP contribution in [-0.2, 0) is 0 Å². The summed E-state index contributed by atoms with van der Waals surface area (Å²) in [6, 6.07) is 18.8. The van der Waals surface area contributed by atoms with Gasteiger partial charge in [0.1, 0.15) is 5.82 Å². The largest absolute Gasteiger partial charge is 0.319 e. The second-order valence-corrected chi connectivity index (χ2v) is 7.29. The number of rotatable bonds is 4. The molecule has 4 aromatic rings. The smallest absolute Gasteiger partial charge is 0.295 e. The zero-order chi connectivity index (χ0) is 21.3. The molecule has 1 aromatic heterocycles. The summed E-state index contributed by atoms with van der Waals surface area (Å²) in [4.78, 5) is 17.3. The number of carbonyl (C=O) groups excluding carboxylic acids is 1. The first-order valence-electron chi connectivity index (χ1n) is 9.29. The lowest BCUT2D eigenvalue weighted by Gasteiger charge is -2.07. The van der Waals surface area contributed by atoms with Crippen LogP contribution in [-0.4, -0.2) is 20.7 Å². The van der Waals surface area contributed by atoms with Gasteiger partial charge in [0.05, 0.1) is 5.69 Å². The Bertz CT molecular complexity index is 1150. The number of amides is 1. The number of halogens is 2. The molecule has 0 saturated heterocycles. The van der Waals surface area contributed by atoms with E-state index in [1.165, 1.54) is 12.1 Å². The summed E-state index contributed by atoms with van der Waals surface area (Å²) in [5.74, 6) is -0.384. The maximum atomic E-state index is 13.4. The number of nitrogens with one attached hydrogen (secondary N) is 1. The molecule has 0 bridgehead atoms. The predicted octanol–water partition coefficient (Wildman–Crippen LogP) is 5.60. The van der Waals surface area contributed by atoms with Gasteiger partial charge < -0.3 is 5.32 Å². The summed E-state index contributed by atoms with van der Waals surface area (Å²) < 4.78 is 15.0. The van der Waals surface area contributed by atoms with E-state index in [4.69, 9.17) is 11.6 Å². The van der Waals surface area contributed by atoms with Gasteiger partial charge >= 0.3 is 0 Å². The van der Waals surface area contributed by atoms with E-state index in [0.29, 0.717) is 22.1 Å². The minimum absolute atomic E-state index is 0.00530. The van der Waals surface area contributed by atoms with Crippen molar-refractivity contribution in [1.82, 2.24) is 14.8 Å². The summed E-state index contributed by atoms with van der Waals surface area (Å²) in [5, 5.41) is 7.78. The van der Waals surface area contributed by atoms with E-state index in [9.17, 15) is 9.18 Å². The van der Waals surface area contributed by atoms with E-state index in [0.717, 1.165) is 16.8 Å². The fourth-order valence-corrected chi connectivity index (χ4v) is 3.16. The number of hydrogen-bond donors (Lipinski definition) is 1. The van der Waals surface area contributed by atoms with E-state index in [1.54, 1.807) is 35.0 Å². The highest BCUT2D eigenvalue weighted by Gasteiger charge is 2.20. The molecule has 1 amide bonds. The lowest BCUT2D eigenvalue weighted by atomic mass is 10.2. The fourth-order valence-electron chi connectivity index (χ4n) is 2.98. The number of nitrogens with zero attached hydrogens (tertiary/aromatic N) is 3. The van der Waals surface area contributed by atoms with Crippen LogP contribution in [0.5, 0.6) is 0 Å². The lowest BCUT2D eigenvalue weighted by Crippen LogP contribution is -2.15. The van der Waals surface area contributed by atoms with Crippen LogP contribution in [0.15, 0.2) is 66.7 Å². The number of aromatic nitrogens is 3. The van der Waals surface area contributed by atoms with Crippen LogP contribution in [0.3, 0.4) is 0 Å². The van der Waals surface area contributed by atoms with Crippen LogP contribution < -0.4 is 5.32 Å². The van der Waals surface area contributed by atoms with Gasteiger partial charge in [-0.1, -0.05) is 35.4 Å². The molecule has 0 saturated carbocycles. The van der Waals surface area contributed by atoms with Crippen molar-refractivity contribution in [3.8, 4) is 17.1 Å². The average Bonchev–Trinajstić information content (AvgIpc) is 3.18. The molecule has 0 aliphatic heterocycles. The van der Waals surface area contributed by atoms with Gasteiger partial charge in [0.2, 0.25) is 5.82 Å². The Hall–Kier alpha value is -3.51. The molecule has 0 fully saturated rings. The number of benzene rings is 3. The van der Waals surface area contributed by atoms with Gasteiger partial charge in [-0.05, 0) is 67.9 Å².